The molecular weight excluding hydrogens is 382 g/mol. The van der Waals surface area contributed by atoms with Crippen LogP contribution in [0.4, 0.5) is 5.88 Å². The number of oxazole rings is 1. The lowest BCUT2D eigenvalue weighted by atomic mass is 9.84. The van der Waals surface area contributed by atoms with E-state index in [1.807, 2.05) is 24.3 Å². The number of rotatable bonds is 10. The monoisotopic (exact) mass is 411 g/mol. The molecule has 0 bridgehead atoms. The molecular formula is C23H29N3O4. The minimum absolute atomic E-state index is 0.00231. The van der Waals surface area contributed by atoms with Gasteiger partial charge < -0.3 is 14.8 Å². The number of amides is 1. The van der Waals surface area contributed by atoms with E-state index in [2.05, 4.69) is 36.3 Å². The Morgan fingerprint density at radius 1 is 1.30 bits per heavy atom. The fourth-order valence-corrected chi connectivity index (χ4v) is 3.88. The first-order chi connectivity index (χ1) is 14.5. The zero-order chi connectivity index (χ0) is 21.5. The molecule has 2 unspecified atom stereocenters. The van der Waals surface area contributed by atoms with Gasteiger partial charge >= 0.3 is 5.97 Å². The Bertz CT molecular complexity index is 905. The van der Waals surface area contributed by atoms with Crippen molar-refractivity contribution in [2.24, 2.45) is 5.92 Å². The third-order valence-corrected chi connectivity index (χ3v) is 5.61. The summed E-state index contributed by atoms with van der Waals surface area (Å²) in [5.41, 5.74) is 2.97. The van der Waals surface area contributed by atoms with Gasteiger partial charge in [-0.1, -0.05) is 37.3 Å². The van der Waals surface area contributed by atoms with Crippen molar-refractivity contribution in [1.82, 2.24) is 10.3 Å². The van der Waals surface area contributed by atoms with Gasteiger partial charge in [-0.05, 0) is 49.4 Å². The quantitative estimate of drug-likeness (QED) is 0.580. The zero-order valence-corrected chi connectivity index (χ0v) is 17.5. The van der Waals surface area contributed by atoms with Crippen LogP contribution in [0.1, 0.15) is 48.9 Å². The lowest BCUT2D eigenvalue weighted by Crippen LogP contribution is -2.43. The lowest BCUT2D eigenvalue weighted by molar-refractivity contribution is -0.137. The Hall–Kier alpha value is -2.93. The average molecular weight is 412 g/mol. The fraction of sp³-hybridized carbons (Fsp3) is 0.435. The van der Waals surface area contributed by atoms with Crippen LogP contribution in [0, 0.1) is 12.8 Å². The molecule has 0 saturated heterocycles. The minimum Gasteiger partial charge on any atom is -0.481 e. The van der Waals surface area contributed by atoms with Gasteiger partial charge in [-0.2, -0.15) is 0 Å². The Morgan fingerprint density at radius 3 is 2.87 bits per heavy atom. The van der Waals surface area contributed by atoms with Crippen molar-refractivity contribution in [3.05, 3.63) is 53.6 Å². The summed E-state index contributed by atoms with van der Waals surface area (Å²) in [7, 11) is 0. The number of nitrogens with one attached hydrogen (secondary N) is 1. The summed E-state index contributed by atoms with van der Waals surface area (Å²) in [5.74, 6) is -0.591. The number of carbonyl (C=O) groups is 2. The van der Waals surface area contributed by atoms with Crippen molar-refractivity contribution in [1.29, 1.82) is 0 Å². The second kappa shape index (κ2) is 10.2. The molecule has 1 amide bonds. The van der Waals surface area contributed by atoms with Crippen molar-refractivity contribution in [3.8, 4) is 0 Å². The van der Waals surface area contributed by atoms with Gasteiger partial charge in [0, 0.05) is 19.5 Å². The highest BCUT2D eigenvalue weighted by Gasteiger charge is 2.34. The second-order valence-corrected chi connectivity index (χ2v) is 7.70. The van der Waals surface area contributed by atoms with E-state index in [0.717, 1.165) is 17.5 Å². The number of hydrogen-bond donors (Lipinski definition) is 2. The number of carboxylic acids is 1. The van der Waals surface area contributed by atoms with E-state index >= 15 is 0 Å². The molecule has 1 aromatic heterocycles. The molecule has 1 aliphatic rings. The maximum absolute atomic E-state index is 13.6. The number of hydrogen-bond acceptors (Lipinski definition) is 5. The number of benzene rings is 1. The summed E-state index contributed by atoms with van der Waals surface area (Å²) in [6, 6.07) is 8.13. The van der Waals surface area contributed by atoms with Crippen LogP contribution in [0.25, 0.3) is 6.08 Å². The number of carbonyl (C=O) groups excluding carboxylic acids is 1. The molecule has 1 aromatic carbocycles. The van der Waals surface area contributed by atoms with Crippen LogP contribution in [0.2, 0.25) is 0 Å². The van der Waals surface area contributed by atoms with Crippen molar-refractivity contribution in [2.75, 3.05) is 24.5 Å². The highest BCUT2D eigenvalue weighted by Crippen LogP contribution is 2.32. The maximum atomic E-state index is 13.6. The predicted molar refractivity (Wildman–Crippen MR) is 115 cm³/mol. The molecule has 3 rings (SSSR count). The van der Waals surface area contributed by atoms with Crippen LogP contribution >= 0.6 is 0 Å². The highest BCUT2D eigenvalue weighted by molar-refractivity contribution is 5.97. The summed E-state index contributed by atoms with van der Waals surface area (Å²) in [5, 5.41) is 12.1. The molecule has 2 atom stereocenters. The number of carboxylic acid groups (broad SMARTS) is 1. The molecule has 0 radical (unpaired) electrons. The summed E-state index contributed by atoms with van der Waals surface area (Å²) >= 11 is 0. The molecule has 0 spiro atoms. The maximum Gasteiger partial charge on any atom is 0.303 e. The molecule has 7 nitrogen and oxygen atoms in total. The third-order valence-electron chi connectivity index (χ3n) is 5.61. The summed E-state index contributed by atoms with van der Waals surface area (Å²) in [6.45, 7) is 5.77. The number of aromatic nitrogens is 1. The molecule has 0 saturated carbocycles. The largest absolute Gasteiger partial charge is 0.481 e. The van der Waals surface area contributed by atoms with E-state index in [0.29, 0.717) is 37.6 Å². The molecule has 2 N–H and O–H groups in total. The number of fused-ring (bicyclic) bond motifs is 1. The highest BCUT2D eigenvalue weighted by atomic mass is 16.4. The van der Waals surface area contributed by atoms with E-state index in [9.17, 15) is 9.59 Å². The topological polar surface area (TPSA) is 95.7 Å². The smallest absolute Gasteiger partial charge is 0.303 e. The minimum atomic E-state index is -0.780. The third kappa shape index (κ3) is 5.16. The van der Waals surface area contributed by atoms with E-state index in [-0.39, 0.29) is 24.2 Å². The number of aryl methyl sites for hydroxylation is 1. The Kier molecular flexibility index (Phi) is 7.41. The number of unbranched alkanes of at least 4 members (excludes halogenated alkanes) is 1. The summed E-state index contributed by atoms with van der Waals surface area (Å²) < 4.78 is 5.50. The Labute approximate surface area is 176 Å². The first-order valence-corrected chi connectivity index (χ1v) is 10.4. The van der Waals surface area contributed by atoms with E-state index in [4.69, 9.17) is 9.52 Å². The van der Waals surface area contributed by atoms with Crippen LogP contribution in [0.15, 0.2) is 41.2 Å². The van der Waals surface area contributed by atoms with Gasteiger partial charge in [0.1, 0.15) is 5.69 Å². The van der Waals surface area contributed by atoms with E-state index < -0.39 is 5.97 Å². The molecule has 0 aliphatic carbocycles. The van der Waals surface area contributed by atoms with E-state index in [1.165, 1.54) is 6.39 Å². The van der Waals surface area contributed by atoms with Crippen molar-refractivity contribution >= 4 is 23.8 Å². The Morgan fingerprint density at radius 2 is 2.10 bits per heavy atom. The van der Waals surface area contributed by atoms with Gasteiger partial charge in [-0.25, -0.2) is 4.98 Å². The van der Waals surface area contributed by atoms with Crippen LogP contribution in [-0.4, -0.2) is 41.6 Å². The Balaban J connectivity index is 1.74. The molecule has 7 heteroatoms. The number of aliphatic carboxylic acids is 1. The van der Waals surface area contributed by atoms with Gasteiger partial charge in [0.05, 0.1) is 5.92 Å². The lowest BCUT2D eigenvalue weighted by Gasteiger charge is -2.30. The summed E-state index contributed by atoms with van der Waals surface area (Å²) in [4.78, 5) is 30.1. The van der Waals surface area contributed by atoms with Crippen LogP contribution < -0.4 is 10.2 Å². The fourth-order valence-electron chi connectivity index (χ4n) is 3.88. The van der Waals surface area contributed by atoms with Gasteiger partial charge in [0.15, 0.2) is 6.39 Å². The van der Waals surface area contributed by atoms with Gasteiger partial charge in [0.2, 0.25) is 11.8 Å². The predicted octanol–water partition coefficient (Wildman–Crippen LogP) is 3.61. The van der Waals surface area contributed by atoms with Gasteiger partial charge in [-0.3, -0.25) is 14.5 Å². The molecule has 30 heavy (non-hydrogen) atoms. The first-order valence-electron chi connectivity index (χ1n) is 10.4. The molecule has 2 aromatic rings. The van der Waals surface area contributed by atoms with Crippen LogP contribution in [0.5, 0.6) is 0 Å². The van der Waals surface area contributed by atoms with Gasteiger partial charge in [0.25, 0.3) is 0 Å². The standard InChI is InChI=1S/C23H29N3O4/c1-16-8-3-4-9-18(16)17(2)19(14-24-12-6-5-11-21(27)28)22(29)26-13-7-10-20-23(26)30-15-25-20/h3-4,7-10,15,17,19,24H,5-6,11-14H2,1-2H3,(H,27,28). The van der Waals surface area contributed by atoms with Crippen LogP contribution in [0.3, 0.4) is 0 Å². The zero-order valence-electron chi connectivity index (χ0n) is 17.5. The van der Waals surface area contributed by atoms with Crippen LogP contribution in [-0.2, 0) is 9.59 Å². The first kappa shape index (κ1) is 21.8. The molecule has 1 aliphatic heterocycles. The SMILES string of the molecule is Cc1ccccc1C(C)C(CNCCCCC(=O)O)C(=O)N1CC=Cc2ncoc21. The van der Waals surface area contributed by atoms with Crippen molar-refractivity contribution in [2.45, 2.75) is 39.0 Å². The van der Waals surface area contributed by atoms with Gasteiger partial charge in [-0.15, -0.1) is 0 Å². The average Bonchev–Trinajstić information content (AvgIpc) is 3.21. The van der Waals surface area contributed by atoms with Crippen molar-refractivity contribution in [3.63, 3.8) is 0 Å². The van der Waals surface area contributed by atoms with Crippen molar-refractivity contribution < 1.29 is 19.1 Å². The number of nitrogens with zero attached hydrogens (tertiary/aromatic N) is 2. The van der Waals surface area contributed by atoms with E-state index in [1.54, 1.807) is 4.90 Å². The number of anilines is 1. The summed E-state index contributed by atoms with van der Waals surface area (Å²) in [6.07, 6.45) is 6.68. The molecule has 2 heterocycles. The normalized spacial score (nSPS) is 14.9. The second-order valence-electron chi connectivity index (χ2n) is 7.70. The molecule has 160 valence electrons. The molecule has 0 fully saturated rings.